The fourth-order valence-electron chi connectivity index (χ4n) is 1.81. The SMILES string of the molecule is CCCC(O)[C@H]1CCN(C(=O)O)C1. The summed E-state index contributed by atoms with van der Waals surface area (Å²) in [5.74, 6) is 0.149. The number of rotatable bonds is 3. The second kappa shape index (κ2) is 4.46. The molecule has 0 radical (unpaired) electrons. The molecule has 2 atom stereocenters. The van der Waals surface area contributed by atoms with Crippen LogP contribution in [0.15, 0.2) is 0 Å². The molecule has 0 aliphatic carbocycles. The Morgan fingerprint density at radius 3 is 2.85 bits per heavy atom. The largest absolute Gasteiger partial charge is 0.465 e. The highest BCUT2D eigenvalue weighted by Gasteiger charge is 2.30. The van der Waals surface area contributed by atoms with E-state index in [0.29, 0.717) is 13.1 Å². The lowest BCUT2D eigenvalue weighted by Gasteiger charge is -2.17. The van der Waals surface area contributed by atoms with Crippen LogP contribution in [0.2, 0.25) is 0 Å². The number of aliphatic hydroxyl groups is 1. The van der Waals surface area contributed by atoms with E-state index >= 15 is 0 Å². The van der Waals surface area contributed by atoms with Gasteiger partial charge < -0.3 is 15.1 Å². The van der Waals surface area contributed by atoms with Crippen molar-refractivity contribution in [3.8, 4) is 0 Å². The zero-order chi connectivity index (χ0) is 9.84. The van der Waals surface area contributed by atoms with Crippen molar-refractivity contribution in [2.24, 2.45) is 5.92 Å². The third-order valence-electron chi connectivity index (χ3n) is 2.62. The van der Waals surface area contributed by atoms with Gasteiger partial charge in [0.1, 0.15) is 0 Å². The Morgan fingerprint density at radius 2 is 2.38 bits per heavy atom. The molecular formula is C9H17NO3. The number of carboxylic acid groups (broad SMARTS) is 1. The summed E-state index contributed by atoms with van der Waals surface area (Å²) in [7, 11) is 0. The van der Waals surface area contributed by atoms with Crippen LogP contribution in [0.25, 0.3) is 0 Å². The van der Waals surface area contributed by atoms with Gasteiger partial charge in [0.15, 0.2) is 0 Å². The van der Waals surface area contributed by atoms with Crippen molar-refractivity contribution < 1.29 is 15.0 Å². The average molecular weight is 187 g/mol. The van der Waals surface area contributed by atoms with Crippen molar-refractivity contribution in [2.45, 2.75) is 32.3 Å². The summed E-state index contributed by atoms with van der Waals surface area (Å²) < 4.78 is 0. The van der Waals surface area contributed by atoms with Crippen LogP contribution < -0.4 is 0 Å². The summed E-state index contributed by atoms with van der Waals surface area (Å²) >= 11 is 0. The minimum atomic E-state index is -0.869. The maximum atomic E-state index is 10.6. The van der Waals surface area contributed by atoms with E-state index < -0.39 is 6.09 Å². The molecule has 0 saturated carbocycles. The van der Waals surface area contributed by atoms with E-state index in [9.17, 15) is 9.90 Å². The fourth-order valence-corrected chi connectivity index (χ4v) is 1.81. The molecule has 4 nitrogen and oxygen atoms in total. The van der Waals surface area contributed by atoms with Gasteiger partial charge in [-0.15, -0.1) is 0 Å². The first kappa shape index (κ1) is 10.3. The number of likely N-dealkylation sites (tertiary alicyclic amines) is 1. The van der Waals surface area contributed by atoms with Crippen LogP contribution in [0.4, 0.5) is 4.79 Å². The summed E-state index contributed by atoms with van der Waals surface area (Å²) in [6, 6.07) is 0. The molecule has 1 aliphatic rings. The Balaban J connectivity index is 2.35. The number of hydrogen-bond acceptors (Lipinski definition) is 2. The van der Waals surface area contributed by atoms with Gasteiger partial charge in [0.2, 0.25) is 0 Å². The van der Waals surface area contributed by atoms with E-state index in [0.717, 1.165) is 19.3 Å². The molecule has 0 aromatic heterocycles. The van der Waals surface area contributed by atoms with Crippen LogP contribution in [0.3, 0.4) is 0 Å². The highest BCUT2D eigenvalue weighted by atomic mass is 16.4. The van der Waals surface area contributed by atoms with Crippen molar-refractivity contribution in [2.75, 3.05) is 13.1 Å². The molecule has 13 heavy (non-hydrogen) atoms. The van der Waals surface area contributed by atoms with Crippen molar-refractivity contribution in [1.82, 2.24) is 4.90 Å². The van der Waals surface area contributed by atoms with Crippen LogP contribution in [0, 0.1) is 5.92 Å². The standard InChI is InChI=1S/C9H17NO3/c1-2-3-8(11)7-4-5-10(6-7)9(12)13/h7-8,11H,2-6H2,1H3,(H,12,13)/t7-,8?/m0/s1. The quantitative estimate of drug-likeness (QED) is 0.696. The third-order valence-corrected chi connectivity index (χ3v) is 2.62. The van der Waals surface area contributed by atoms with Crippen LogP contribution in [-0.4, -0.2) is 40.4 Å². The molecule has 1 unspecified atom stereocenters. The van der Waals surface area contributed by atoms with Crippen LogP contribution in [0.1, 0.15) is 26.2 Å². The smallest absolute Gasteiger partial charge is 0.407 e. The molecule has 1 heterocycles. The molecule has 4 heteroatoms. The number of nitrogens with zero attached hydrogens (tertiary/aromatic N) is 1. The summed E-state index contributed by atoms with van der Waals surface area (Å²) in [5, 5.41) is 18.3. The van der Waals surface area contributed by atoms with Gasteiger partial charge in [-0.05, 0) is 12.8 Å². The van der Waals surface area contributed by atoms with E-state index in [1.807, 2.05) is 6.92 Å². The van der Waals surface area contributed by atoms with Gasteiger partial charge in [0.25, 0.3) is 0 Å². The zero-order valence-electron chi connectivity index (χ0n) is 7.94. The van der Waals surface area contributed by atoms with Crippen molar-refractivity contribution in [3.63, 3.8) is 0 Å². The Labute approximate surface area is 78.2 Å². The van der Waals surface area contributed by atoms with Crippen LogP contribution in [-0.2, 0) is 0 Å². The third kappa shape index (κ3) is 2.59. The second-order valence-electron chi connectivity index (χ2n) is 3.63. The Hall–Kier alpha value is -0.770. The molecule has 0 spiro atoms. The molecule has 2 N–H and O–H groups in total. The molecule has 1 aliphatic heterocycles. The minimum Gasteiger partial charge on any atom is -0.465 e. The number of aliphatic hydroxyl groups excluding tert-OH is 1. The van der Waals surface area contributed by atoms with Gasteiger partial charge >= 0.3 is 6.09 Å². The van der Waals surface area contributed by atoms with Gasteiger partial charge in [0, 0.05) is 19.0 Å². The van der Waals surface area contributed by atoms with Gasteiger partial charge in [-0.3, -0.25) is 0 Å². The Morgan fingerprint density at radius 1 is 1.69 bits per heavy atom. The molecule has 0 aromatic carbocycles. The topological polar surface area (TPSA) is 60.8 Å². The first-order valence-electron chi connectivity index (χ1n) is 4.81. The van der Waals surface area contributed by atoms with Gasteiger partial charge in [0.05, 0.1) is 6.10 Å². The van der Waals surface area contributed by atoms with Crippen LogP contribution in [0.5, 0.6) is 0 Å². The van der Waals surface area contributed by atoms with Gasteiger partial charge in [-0.2, -0.15) is 0 Å². The first-order chi connectivity index (χ1) is 6.15. The minimum absolute atomic E-state index is 0.149. The van der Waals surface area contributed by atoms with Gasteiger partial charge in [-0.25, -0.2) is 4.79 Å². The lowest BCUT2D eigenvalue weighted by molar-refractivity contribution is 0.0987. The summed E-state index contributed by atoms with van der Waals surface area (Å²) in [5.41, 5.74) is 0. The average Bonchev–Trinajstić information content (AvgIpc) is 2.52. The predicted molar refractivity (Wildman–Crippen MR) is 48.6 cm³/mol. The highest BCUT2D eigenvalue weighted by Crippen LogP contribution is 2.22. The van der Waals surface area contributed by atoms with Crippen molar-refractivity contribution in [3.05, 3.63) is 0 Å². The Bertz CT molecular complexity index is 184. The fraction of sp³-hybridized carbons (Fsp3) is 0.889. The van der Waals surface area contributed by atoms with E-state index in [2.05, 4.69) is 0 Å². The molecular weight excluding hydrogens is 170 g/mol. The Kier molecular flexibility index (Phi) is 3.54. The molecule has 1 saturated heterocycles. The normalized spacial score (nSPS) is 24.8. The second-order valence-corrected chi connectivity index (χ2v) is 3.63. The van der Waals surface area contributed by atoms with E-state index in [4.69, 9.17) is 5.11 Å². The molecule has 0 aromatic rings. The first-order valence-corrected chi connectivity index (χ1v) is 4.81. The predicted octanol–water partition coefficient (Wildman–Crippen LogP) is 1.15. The highest BCUT2D eigenvalue weighted by molar-refractivity contribution is 5.65. The lowest BCUT2D eigenvalue weighted by Crippen LogP contribution is -2.29. The van der Waals surface area contributed by atoms with E-state index in [1.165, 1.54) is 4.90 Å². The maximum Gasteiger partial charge on any atom is 0.407 e. The van der Waals surface area contributed by atoms with Crippen molar-refractivity contribution in [1.29, 1.82) is 0 Å². The number of hydrogen-bond donors (Lipinski definition) is 2. The summed E-state index contributed by atoms with van der Waals surface area (Å²) in [4.78, 5) is 12.0. The van der Waals surface area contributed by atoms with E-state index in [-0.39, 0.29) is 12.0 Å². The molecule has 76 valence electrons. The summed E-state index contributed by atoms with van der Waals surface area (Å²) in [6.07, 6.45) is 1.33. The number of carbonyl (C=O) groups is 1. The van der Waals surface area contributed by atoms with Gasteiger partial charge in [-0.1, -0.05) is 13.3 Å². The zero-order valence-corrected chi connectivity index (χ0v) is 7.94. The van der Waals surface area contributed by atoms with E-state index in [1.54, 1.807) is 0 Å². The molecule has 1 fully saturated rings. The summed E-state index contributed by atoms with van der Waals surface area (Å²) in [6.45, 7) is 3.09. The molecule has 1 rings (SSSR count). The van der Waals surface area contributed by atoms with Crippen LogP contribution >= 0.6 is 0 Å². The molecule has 0 bridgehead atoms. The monoisotopic (exact) mass is 187 g/mol. The molecule has 1 amide bonds. The van der Waals surface area contributed by atoms with Crippen molar-refractivity contribution >= 4 is 6.09 Å². The lowest BCUT2D eigenvalue weighted by atomic mass is 9.98. The maximum absolute atomic E-state index is 10.6. The number of amides is 1.